The van der Waals surface area contributed by atoms with Crippen LogP contribution in [0.15, 0.2) is 12.1 Å². The molecule has 0 saturated heterocycles. The molecule has 2 amide bonds. The van der Waals surface area contributed by atoms with Crippen LogP contribution in [0.4, 0.5) is 5.82 Å². The predicted octanol–water partition coefficient (Wildman–Crippen LogP) is 0.981. The molecule has 0 saturated carbocycles. The molecule has 1 unspecified atom stereocenters. The molecule has 2 aliphatic rings. The number of H-pyrrole nitrogens is 1. The number of aromatic amines is 1. The van der Waals surface area contributed by atoms with Crippen molar-refractivity contribution in [2.45, 2.75) is 12.3 Å². The molecule has 130 valence electrons. The average molecular weight is 344 g/mol. The number of ether oxygens (including phenoxy) is 3. The van der Waals surface area contributed by atoms with Crippen molar-refractivity contribution in [1.82, 2.24) is 15.5 Å². The van der Waals surface area contributed by atoms with Crippen molar-refractivity contribution in [1.29, 1.82) is 0 Å². The Hall–Kier alpha value is -3.23. The number of fused-ring (bicyclic) bond motifs is 2. The van der Waals surface area contributed by atoms with E-state index in [1.807, 2.05) is 0 Å². The van der Waals surface area contributed by atoms with Crippen molar-refractivity contribution >= 4 is 17.6 Å². The Labute approximate surface area is 142 Å². The zero-order chi connectivity index (χ0) is 17.6. The standard InChI is InChI=1S/C16H16N4O5/c1-17-16(22)13-12-8(5-11(21)18-15(12)20-19-13)7-3-9(23-2)14-10(4-7)24-6-25-14/h3-4,8H,5-6H2,1-2H3,(H,17,22)(H2,18,19,20,21). The summed E-state index contributed by atoms with van der Waals surface area (Å²) in [6.07, 6.45) is 0.180. The van der Waals surface area contributed by atoms with E-state index in [0.29, 0.717) is 34.3 Å². The van der Waals surface area contributed by atoms with Gasteiger partial charge in [-0.05, 0) is 17.7 Å². The SMILES string of the molecule is CNC(=O)c1[nH]nc2c1C(c1cc(OC)c3c(c1)OCO3)CC(=O)N2. The molecule has 9 nitrogen and oxygen atoms in total. The molecule has 0 aliphatic carbocycles. The van der Waals surface area contributed by atoms with Crippen LogP contribution in [0.1, 0.15) is 34.0 Å². The minimum atomic E-state index is -0.363. The number of rotatable bonds is 3. The summed E-state index contributed by atoms with van der Waals surface area (Å²) in [6.45, 7) is 0.112. The lowest BCUT2D eigenvalue weighted by Gasteiger charge is -2.23. The van der Waals surface area contributed by atoms with Gasteiger partial charge in [-0.25, -0.2) is 0 Å². The highest BCUT2D eigenvalue weighted by molar-refractivity contribution is 6.00. The molecule has 0 radical (unpaired) electrons. The quantitative estimate of drug-likeness (QED) is 0.765. The Morgan fingerprint density at radius 2 is 2.24 bits per heavy atom. The number of carbonyl (C=O) groups is 2. The van der Waals surface area contributed by atoms with Gasteiger partial charge in [0.25, 0.3) is 5.91 Å². The second kappa shape index (κ2) is 5.69. The molecule has 9 heteroatoms. The van der Waals surface area contributed by atoms with Gasteiger partial charge in [0, 0.05) is 24.9 Å². The van der Waals surface area contributed by atoms with Crippen LogP contribution < -0.4 is 24.8 Å². The topological polar surface area (TPSA) is 115 Å². The molecule has 3 N–H and O–H groups in total. The first-order valence-corrected chi connectivity index (χ1v) is 7.70. The van der Waals surface area contributed by atoms with E-state index < -0.39 is 0 Å². The molecule has 25 heavy (non-hydrogen) atoms. The minimum Gasteiger partial charge on any atom is -0.493 e. The summed E-state index contributed by atoms with van der Waals surface area (Å²) in [5.41, 5.74) is 1.74. The molecule has 0 spiro atoms. The van der Waals surface area contributed by atoms with Crippen molar-refractivity contribution in [2.75, 3.05) is 26.3 Å². The van der Waals surface area contributed by atoms with E-state index >= 15 is 0 Å². The van der Waals surface area contributed by atoms with Crippen LogP contribution in [0.25, 0.3) is 0 Å². The maximum atomic E-state index is 12.2. The summed E-state index contributed by atoms with van der Waals surface area (Å²) >= 11 is 0. The molecule has 1 aromatic carbocycles. The molecule has 1 atom stereocenters. The van der Waals surface area contributed by atoms with E-state index in [1.54, 1.807) is 12.1 Å². The molecular weight excluding hydrogens is 328 g/mol. The number of benzene rings is 1. The maximum absolute atomic E-state index is 12.2. The van der Waals surface area contributed by atoms with Gasteiger partial charge in [0.1, 0.15) is 5.69 Å². The zero-order valence-electron chi connectivity index (χ0n) is 13.6. The van der Waals surface area contributed by atoms with Gasteiger partial charge >= 0.3 is 0 Å². The van der Waals surface area contributed by atoms with E-state index in [0.717, 1.165) is 5.56 Å². The number of nitrogens with zero attached hydrogens (tertiary/aromatic N) is 1. The lowest BCUT2D eigenvalue weighted by atomic mass is 9.85. The Bertz CT molecular complexity index is 876. The third kappa shape index (κ3) is 2.35. The third-order valence-electron chi connectivity index (χ3n) is 4.34. The van der Waals surface area contributed by atoms with Gasteiger partial charge in [-0.15, -0.1) is 0 Å². The van der Waals surface area contributed by atoms with Crippen LogP contribution in [0, 0.1) is 0 Å². The highest BCUT2D eigenvalue weighted by Crippen LogP contribution is 2.46. The first kappa shape index (κ1) is 15.3. The lowest BCUT2D eigenvalue weighted by molar-refractivity contribution is -0.116. The van der Waals surface area contributed by atoms with Gasteiger partial charge in [0.2, 0.25) is 18.4 Å². The number of hydrogen-bond donors (Lipinski definition) is 3. The maximum Gasteiger partial charge on any atom is 0.269 e. The normalized spacial score (nSPS) is 17.7. The van der Waals surface area contributed by atoms with Crippen molar-refractivity contribution in [2.24, 2.45) is 0 Å². The Kier molecular flexibility index (Phi) is 3.48. The third-order valence-corrected chi connectivity index (χ3v) is 4.34. The van der Waals surface area contributed by atoms with Gasteiger partial charge in [0.15, 0.2) is 17.3 Å². The largest absolute Gasteiger partial charge is 0.493 e. The molecule has 2 aliphatic heterocycles. The second-order valence-corrected chi connectivity index (χ2v) is 5.70. The summed E-state index contributed by atoms with van der Waals surface area (Å²) in [5, 5.41) is 12.0. The predicted molar refractivity (Wildman–Crippen MR) is 86.2 cm³/mol. The highest BCUT2D eigenvalue weighted by atomic mass is 16.7. The number of nitrogens with one attached hydrogen (secondary N) is 3. The fourth-order valence-electron chi connectivity index (χ4n) is 3.19. The fourth-order valence-corrected chi connectivity index (χ4v) is 3.19. The van der Waals surface area contributed by atoms with Gasteiger partial charge < -0.3 is 24.8 Å². The summed E-state index contributed by atoms with van der Waals surface area (Å²) in [5.74, 6) is 1.11. The molecular formula is C16H16N4O5. The average Bonchev–Trinajstić information content (AvgIpc) is 3.25. The van der Waals surface area contributed by atoms with Gasteiger partial charge in [0.05, 0.1) is 7.11 Å². The number of anilines is 1. The molecule has 0 bridgehead atoms. The van der Waals surface area contributed by atoms with E-state index in [2.05, 4.69) is 20.8 Å². The summed E-state index contributed by atoms with van der Waals surface area (Å²) in [4.78, 5) is 24.2. The van der Waals surface area contributed by atoms with Crippen molar-refractivity contribution in [3.63, 3.8) is 0 Å². The highest BCUT2D eigenvalue weighted by Gasteiger charge is 2.35. The lowest BCUT2D eigenvalue weighted by Crippen LogP contribution is -2.26. The summed E-state index contributed by atoms with van der Waals surface area (Å²) < 4.78 is 16.2. The zero-order valence-corrected chi connectivity index (χ0v) is 13.6. The molecule has 1 aromatic heterocycles. The number of methoxy groups -OCH3 is 1. The monoisotopic (exact) mass is 344 g/mol. The number of amides is 2. The summed E-state index contributed by atoms with van der Waals surface area (Å²) in [7, 11) is 3.07. The fraction of sp³-hybridized carbons (Fsp3) is 0.312. The van der Waals surface area contributed by atoms with Crippen LogP contribution in [0.2, 0.25) is 0 Å². The first-order valence-electron chi connectivity index (χ1n) is 7.70. The van der Waals surface area contributed by atoms with Crippen molar-refractivity contribution in [3.8, 4) is 17.2 Å². The van der Waals surface area contributed by atoms with Crippen molar-refractivity contribution < 1.29 is 23.8 Å². The Balaban J connectivity index is 1.86. The van der Waals surface area contributed by atoms with Crippen LogP contribution in [0.5, 0.6) is 17.2 Å². The van der Waals surface area contributed by atoms with Gasteiger partial charge in [-0.3, -0.25) is 14.7 Å². The van der Waals surface area contributed by atoms with Crippen LogP contribution in [-0.4, -0.2) is 43.0 Å². The Morgan fingerprint density at radius 3 is 3.00 bits per heavy atom. The molecule has 2 aromatic rings. The second-order valence-electron chi connectivity index (χ2n) is 5.70. The van der Waals surface area contributed by atoms with Gasteiger partial charge in [-0.1, -0.05) is 0 Å². The van der Waals surface area contributed by atoms with Gasteiger partial charge in [-0.2, -0.15) is 5.10 Å². The van der Waals surface area contributed by atoms with E-state index in [-0.39, 0.29) is 30.9 Å². The number of carbonyl (C=O) groups excluding carboxylic acids is 2. The molecule has 3 heterocycles. The van der Waals surface area contributed by atoms with E-state index in [9.17, 15) is 9.59 Å². The van der Waals surface area contributed by atoms with E-state index in [4.69, 9.17) is 14.2 Å². The van der Waals surface area contributed by atoms with E-state index in [1.165, 1.54) is 14.2 Å². The first-order chi connectivity index (χ1) is 12.1. The summed E-state index contributed by atoms with van der Waals surface area (Å²) in [6, 6.07) is 3.60. The minimum absolute atomic E-state index is 0.112. The number of aromatic nitrogens is 2. The Morgan fingerprint density at radius 1 is 1.40 bits per heavy atom. The van der Waals surface area contributed by atoms with Crippen LogP contribution >= 0.6 is 0 Å². The van der Waals surface area contributed by atoms with Crippen LogP contribution in [0.3, 0.4) is 0 Å². The molecule has 0 fully saturated rings. The number of hydrogen-bond acceptors (Lipinski definition) is 6. The van der Waals surface area contributed by atoms with Crippen LogP contribution in [-0.2, 0) is 4.79 Å². The molecule has 4 rings (SSSR count). The van der Waals surface area contributed by atoms with Crippen molar-refractivity contribution in [3.05, 3.63) is 29.0 Å². The smallest absolute Gasteiger partial charge is 0.269 e.